The highest BCUT2D eigenvalue weighted by molar-refractivity contribution is 7.98. The number of rotatable bonds is 6. The Morgan fingerprint density at radius 1 is 1.17 bits per heavy atom. The highest BCUT2D eigenvalue weighted by Gasteiger charge is 2.17. The number of halogens is 2. The summed E-state index contributed by atoms with van der Waals surface area (Å²) in [6.45, 7) is 3.71. The standard InChI is InChI=1S/C21H21F2N3O2S/c1-12-16(13(2)28-25-12)11-29-19-8-6-5-7-15(19)21(27)24-14-9-17(22)20(26(3)4)18(23)10-14/h5-10H,11H2,1-4H3,(H,24,27). The Hall–Kier alpha value is -2.87. The molecule has 0 unspecified atom stereocenters. The summed E-state index contributed by atoms with van der Waals surface area (Å²) in [5.74, 6) is -0.600. The maximum absolute atomic E-state index is 14.2. The second-order valence-corrected chi connectivity index (χ2v) is 7.74. The maximum Gasteiger partial charge on any atom is 0.256 e. The van der Waals surface area contributed by atoms with E-state index < -0.39 is 17.5 Å². The molecule has 0 saturated heterocycles. The normalized spacial score (nSPS) is 10.8. The molecule has 1 aromatic heterocycles. The molecular formula is C21H21F2N3O2S. The van der Waals surface area contributed by atoms with Gasteiger partial charge in [-0.05, 0) is 38.1 Å². The van der Waals surface area contributed by atoms with E-state index in [4.69, 9.17) is 4.52 Å². The predicted octanol–water partition coefficient (Wildman–Crippen LogP) is 5.18. The lowest BCUT2D eigenvalue weighted by molar-refractivity contribution is 0.102. The zero-order valence-corrected chi connectivity index (χ0v) is 17.4. The fourth-order valence-electron chi connectivity index (χ4n) is 2.90. The number of nitrogens with zero attached hydrogens (tertiary/aromatic N) is 2. The number of carbonyl (C=O) groups excluding carboxylic acids is 1. The minimum absolute atomic E-state index is 0.0566. The van der Waals surface area contributed by atoms with Gasteiger partial charge in [-0.25, -0.2) is 8.78 Å². The second kappa shape index (κ2) is 8.65. The minimum Gasteiger partial charge on any atom is -0.373 e. The van der Waals surface area contributed by atoms with Crippen LogP contribution in [0.2, 0.25) is 0 Å². The smallest absolute Gasteiger partial charge is 0.256 e. The molecule has 0 radical (unpaired) electrons. The summed E-state index contributed by atoms with van der Waals surface area (Å²) in [6, 6.07) is 9.29. The summed E-state index contributed by atoms with van der Waals surface area (Å²) in [5, 5.41) is 6.52. The lowest BCUT2D eigenvalue weighted by Gasteiger charge is -2.16. The summed E-state index contributed by atoms with van der Waals surface area (Å²) < 4.78 is 33.6. The summed E-state index contributed by atoms with van der Waals surface area (Å²) in [7, 11) is 3.10. The van der Waals surface area contributed by atoms with Crippen LogP contribution in [0, 0.1) is 25.5 Å². The van der Waals surface area contributed by atoms with E-state index in [1.165, 1.54) is 16.7 Å². The molecule has 8 heteroatoms. The van der Waals surface area contributed by atoms with Crippen LogP contribution in [0.15, 0.2) is 45.8 Å². The summed E-state index contributed by atoms with van der Waals surface area (Å²) in [5.41, 5.74) is 2.11. The van der Waals surface area contributed by atoms with Gasteiger partial charge in [0, 0.05) is 36.0 Å². The zero-order chi connectivity index (χ0) is 21.1. The van der Waals surface area contributed by atoms with Crippen LogP contribution in [-0.4, -0.2) is 25.2 Å². The molecule has 0 spiro atoms. The Bertz CT molecular complexity index is 1010. The van der Waals surface area contributed by atoms with E-state index in [9.17, 15) is 13.6 Å². The molecule has 0 aliphatic heterocycles. The average molecular weight is 417 g/mol. The van der Waals surface area contributed by atoms with Gasteiger partial charge in [0.05, 0.1) is 11.3 Å². The van der Waals surface area contributed by atoms with Gasteiger partial charge >= 0.3 is 0 Å². The first-order valence-corrected chi connectivity index (χ1v) is 9.87. The van der Waals surface area contributed by atoms with E-state index in [0.717, 1.165) is 34.0 Å². The number of aromatic nitrogens is 1. The summed E-state index contributed by atoms with van der Waals surface area (Å²) >= 11 is 1.47. The molecule has 2 aromatic carbocycles. The quantitative estimate of drug-likeness (QED) is 0.560. The summed E-state index contributed by atoms with van der Waals surface area (Å²) in [4.78, 5) is 14.9. The average Bonchev–Trinajstić information content (AvgIpc) is 2.97. The number of amides is 1. The van der Waals surface area contributed by atoms with Gasteiger partial charge in [-0.3, -0.25) is 4.79 Å². The highest BCUT2D eigenvalue weighted by Crippen LogP contribution is 2.30. The molecule has 0 atom stereocenters. The van der Waals surface area contributed by atoms with E-state index in [1.807, 2.05) is 26.0 Å². The Morgan fingerprint density at radius 2 is 1.83 bits per heavy atom. The monoisotopic (exact) mass is 417 g/mol. The molecule has 0 aliphatic rings. The van der Waals surface area contributed by atoms with Crippen molar-refractivity contribution in [3.8, 4) is 0 Å². The number of anilines is 2. The van der Waals surface area contributed by atoms with Gasteiger partial charge < -0.3 is 14.7 Å². The van der Waals surface area contributed by atoms with Crippen molar-refractivity contribution in [2.75, 3.05) is 24.3 Å². The fraction of sp³-hybridized carbons (Fsp3) is 0.238. The maximum atomic E-state index is 14.2. The third-order valence-electron chi connectivity index (χ3n) is 4.41. The minimum atomic E-state index is -0.744. The van der Waals surface area contributed by atoms with Gasteiger partial charge in [0.15, 0.2) is 11.6 Å². The molecule has 5 nitrogen and oxygen atoms in total. The van der Waals surface area contributed by atoms with Crippen molar-refractivity contribution in [3.63, 3.8) is 0 Å². The molecule has 0 aliphatic carbocycles. The molecule has 1 N–H and O–H groups in total. The molecule has 0 bridgehead atoms. The molecule has 3 rings (SSSR count). The number of carbonyl (C=O) groups is 1. The molecular weight excluding hydrogens is 396 g/mol. The zero-order valence-electron chi connectivity index (χ0n) is 16.5. The molecule has 3 aromatic rings. The Labute approximate surface area is 172 Å². The van der Waals surface area contributed by atoms with Crippen molar-refractivity contribution >= 4 is 29.0 Å². The van der Waals surface area contributed by atoms with Gasteiger partial charge in [0.2, 0.25) is 0 Å². The molecule has 1 amide bonds. The van der Waals surface area contributed by atoms with Crippen LogP contribution in [0.5, 0.6) is 0 Å². The number of aryl methyl sites for hydroxylation is 2. The molecule has 29 heavy (non-hydrogen) atoms. The third-order valence-corrected chi connectivity index (χ3v) is 5.51. The third kappa shape index (κ3) is 4.59. The summed E-state index contributed by atoms with van der Waals surface area (Å²) in [6.07, 6.45) is 0. The van der Waals surface area contributed by atoms with Gasteiger partial charge in [0.1, 0.15) is 11.4 Å². The van der Waals surface area contributed by atoms with Crippen molar-refractivity contribution in [1.82, 2.24) is 5.16 Å². The Balaban J connectivity index is 1.80. The second-order valence-electron chi connectivity index (χ2n) is 6.72. The van der Waals surface area contributed by atoms with Gasteiger partial charge in [-0.15, -0.1) is 11.8 Å². The fourth-order valence-corrected chi connectivity index (χ4v) is 4.10. The number of thioether (sulfide) groups is 1. The van der Waals surface area contributed by atoms with Crippen molar-refractivity contribution in [1.29, 1.82) is 0 Å². The van der Waals surface area contributed by atoms with Crippen LogP contribution >= 0.6 is 11.8 Å². The van der Waals surface area contributed by atoms with E-state index in [2.05, 4.69) is 10.5 Å². The van der Waals surface area contributed by atoms with Crippen LogP contribution in [0.3, 0.4) is 0 Å². The Kier molecular flexibility index (Phi) is 6.22. The number of nitrogens with one attached hydrogen (secondary N) is 1. The molecule has 152 valence electrons. The van der Waals surface area contributed by atoms with Crippen molar-refractivity contribution in [3.05, 3.63) is 70.6 Å². The number of hydrogen-bond donors (Lipinski definition) is 1. The predicted molar refractivity (Wildman–Crippen MR) is 111 cm³/mol. The van der Waals surface area contributed by atoms with Gasteiger partial charge in [-0.2, -0.15) is 0 Å². The molecule has 0 fully saturated rings. The van der Waals surface area contributed by atoms with Gasteiger partial charge in [-0.1, -0.05) is 17.3 Å². The van der Waals surface area contributed by atoms with Crippen LogP contribution in [0.1, 0.15) is 27.4 Å². The van der Waals surface area contributed by atoms with Crippen LogP contribution in [-0.2, 0) is 5.75 Å². The number of hydrogen-bond acceptors (Lipinski definition) is 5. The first kappa shape index (κ1) is 20.9. The lowest BCUT2D eigenvalue weighted by Crippen LogP contribution is -2.16. The van der Waals surface area contributed by atoms with E-state index in [1.54, 1.807) is 26.2 Å². The Morgan fingerprint density at radius 3 is 2.41 bits per heavy atom. The van der Waals surface area contributed by atoms with Crippen LogP contribution < -0.4 is 10.2 Å². The first-order chi connectivity index (χ1) is 13.8. The van der Waals surface area contributed by atoms with Gasteiger partial charge in [0.25, 0.3) is 5.91 Å². The SMILES string of the molecule is Cc1noc(C)c1CSc1ccccc1C(=O)Nc1cc(F)c(N(C)C)c(F)c1. The van der Waals surface area contributed by atoms with E-state index >= 15 is 0 Å². The first-order valence-electron chi connectivity index (χ1n) is 8.89. The van der Waals surface area contributed by atoms with Crippen LogP contribution in [0.25, 0.3) is 0 Å². The lowest BCUT2D eigenvalue weighted by atomic mass is 10.2. The number of benzene rings is 2. The van der Waals surface area contributed by atoms with Crippen LogP contribution in [0.4, 0.5) is 20.2 Å². The van der Waals surface area contributed by atoms with E-state index in [0.29, 0.717) is 11.3 Å². The van der Waals surface area contributed by atoms with Crippen molar-refractivity contribution in [2.24, 2.45) is 0 Å². The van der Waals surface area contributed by atoms with Crippen molar-refractivity contribution in [2.45, 2.75) is 24.5 Å². The van der Waals surface area contributed by atoms with E-state index in [-0.39, 0.29) is 11.4 Å². The highest BCUT2D eigenvalue weighted by atomic mass is 32.2. The largest absolute Gasteiger partial charge is 0.373 e. The van der Waals surface area contributed by atoms with Crippen molar-refractivity contribution < 1.29 is 18.1 Å². The molecule has 1 heterocycles. The topological polar surface area (TPSA) is 58.4 Å². The molecule has 0 saturated carbocycles.